The summed E-state index contributed by atoms with van der Waals surface area (Å²) < 4.78 is 0. The van der Waals surface area contributed by atoms with E-state index in [1.165, 1.54) is 12.8 Å². The number of aliphatic hydroxyl groups is 1. The summed E-state index contributed by atoms with van der Waals surface area (Å²) in [5.74, 6) is 6.58. The van der Waals surface area contributed by atoms with Crippen molar-refractivity contribution in [2.24, 2.45) is 5.92 Å². The summed E-state index contributed by atoms with van der Waals surface area (Å²) >= 11 is 0. The summed E-state index contributed by atoms with van der Waals surface area (Å²) in [5.41, 5.74) is 2.46. The Labute approximate surface area is 127 Å². The van der Waals surface area contributed by atoms with Gasteiger partial charge in [0.15, 0.2) is 0 Å². The fraction of sp³-hybridized carbons (Fsp3) is 0.500. The van der Waals surface area contributed by atoms with Crippen molar-refractivity contribution in [3.8, 4) is 11.8 Å². The Morgan fingerprint density at radius 3 is 2.81 bits per heavy atom. The lowest BCUT2D eigenvalue weighted by molar-refractivity contribution is 0.0727. The third kappa shape index (κ3) is 3.86. The van der Waals surface area contributed by atoms with E-state index in [0.717, 1.165) is 11.1 Å². The zero-order valence-corrected chi connectivity index (χ0v) is 13.0. The molecule has 1 atom stereocenters. The molecule has 1 aliphatic rings. The van der Waals surface area contributed by atoms with Gasteiger partial charge in [0.2, 0.25) is 0 Å². The molecule has 1 aromatic carbocycles. The van der Waals surface area contributed by atoms with Crippen LogP contribution in [0.25, 0.3) is 0 Å². The van der Waals surface area contributed by atoms with Gasteiger partial charge in [0.1, 0.15) is 0 Å². The molecule has 3 heteroatoms. The predicted octanol–water partition coefficient (Wildman–Crippen LogP) is 2.60. The van der Waals surface area contributed by atoms with Crippen molar-refractivity contribution < 1.29 is 9.90 Å². The van der Waals surface area contributed by atoms with Crippen molar-refractivity contribution in [2.45, 2.75) is 39.2 Å². The molecule has 1 fully saturated rings. The topological polar surface area (TPSA) is 40.5 Å². The lowest BCUT2D eigenvalue weighted by Gasteiger charge is -2.25. The summed E-state index contributed by atoms with van der Waals surface area (Å²) in [6.45, 7) is 4.13. The quantitative estimate of drug-likeness (QED) is 0.864. The van der Waals surface area contributed by atoms with Crippen molar-refractivity contribution in [1.29, 1.82) is 0 Å². The number of carbonyl (C=O) groups is 1. The van der Waals surface area contributed by atoms with Gasteiger partial charge in [-0.2, -0.15) is 0 Å². The molecule has 1 aliphatic carbocycles. The minimum atomic E-state index is 0.0337. The maximum absolute atomic E-state index is 12.7. The largest absolute Gasteiger partial charge is 0.395 e. The van der Waals surface area contributed by atoms with Gasteiger partial charge in [-0.3, -0.25) is 4.79 Å². The van der Waals surface area contributed by atoms with E-state index in [1.807, 2.05) is 37.1 Å². The maximum Gasteiger partial charge on any atom is 0.255 e. The molecule has 0 aliphatic heterocycles. The average molecular weight is 285 g/mol. The highest BCUT2D eigenvalue weighted by atomic mass is 16.2. The highest BCUT2D eigenvalue weighted by Gasteiger charge is 2.33. The van der Waals surface area contributed by atoms with E-state index in [4.69, 9.17) is 5.11 Å². The molecular formula is C18H23NO2. The number of benzene rings is 1. The Morgan fingerprint density at radius 1 is 1.48 bits per heavy atom. The minimum absolute atomic E-state index is 0.0337. The van der Waals surface area contributed by atoms with Gasteiger partial charge < -0.3 is 10.0 Å². The molecule has 0 radical (unpaired) electrons. The molecule has 2 rings (SSSR count). The van der Waals surface area contributed by atoms with E-state index >= 15 is 0 Å². The van der Waals surface area contributed by atoms with Gasteiger partial charge in [-0.15, -0.1) is 0 Å². The Bertz CT molecular complexity index is 579. The fourth-order valence-electron chi connectivity index (χ4n) is 2.43. The van der Waals surface area contributed by atoms with Crippen LogP contribution in [0.4, 0.5) is 0 Å². The molecule has 1 N–H and O–H groups in total. The number of rotatable bonds is 4. The third-order valence-corrected chi connectivity index (χ3v) is 4.10. The number of amides is 1. The lowest BCUT2D eigenvalue weighted by Crippen LogP contribution is -2.36. The standard InChI is InChI=1S/C18H23NO2/c1-13-7-8-16(6-4-5-11-20)17(12-13)18(21)19(3)14(2)15-9-10-15/h7-8,12,14-15,20H,5,9-11H2,1-3H3. The van der Waals surface area contributed by atoms with Gasteiger partial charge in [-0.05, 0) is 44.7 Å². The Balaban J connectivity index is 2.26. The Morgan fingerprint density at radius 2 is 2.19 bits per heavy atom. The average Bonchev–Trinajstić information content (AvgIpc) is 3.31. The van der Waals surface area contributed by atoms with E-state index in [2.05, 4.69) is 18.8 Å². The zero-order valence-electron chi connectivity index (χ0n) is 13.0. The third-order valence-electron chi connectivity index (χ3n) is 4.10. The molecule has 1 saturated carbocycles. The van der Waals surface area contributed by atoms with Gasteiger partial charge in [-0.25, -0.2) is 0 Å². The van der Waals surface area contributed by atoms with Crippen molar-refractivity contribution in [1.82, 2.24) is 4.90 Å². The van der Waals surface area contributed by atoms with E-state index in [9.17, 15) is 4.79 Å². The number of hydrogen-bond donors (Lipinski definition) is 1. The number of aliphatic hydroxyl groups excluding tert-OH is 1. The van der Waals surface area contributed by atoms with Gasteiger partial charge in [0, 0.05) is 25.1 Å². The van der Waals surface area contributed by atoms with E-state index in [0.29, 0.717) is 17.9 Å². The van der Waals surface area contributed by atoms with Crippen LogP contribution >= 0.6 is 0 Å². The summed E-state index contributed by atoms with van der Waals surface area (Å²) in [7, 11) is 1.87. The molecule has 1 amide bonds. The summed E-state index contributed by atoms with van der Waals surface area (Å²) in [6.07, 6.45) is 2.86. The Hall–Kier alpha value is -1.79. The molecular weight excluding hydrogens is 262 g/mol. The first-order chi connectivity index (χ1) is 10.0. The van der Waals surface area contributed by atoms with Crippen LogP contribution in [0.2, 0.25) is 0 Å². The first-order valence-electron chi connectivity index (χ1n) is 7.52. The van der Waals surface area contributed by atoms with E-state index in [1.54, 1.807) is 0 Å². The van der Waals surface area contributed by atoms with Crippen molar-refractivity contribution >= 4 is 5.91 Å². The van der Waals surface area contributed by atoms with Crippen LogP contribution in [0.15, 0.2) is 18.2 Å². The van der Waals surface area contributed by atoms with E-state index < -0.39 is 0 Å². The molecule has 0 saturated heterocycles. The monoisotopic (exact) mass is 285 g/mol. The van der Waals surface area contributed by atoms with Crippen LogP contribution in [0, 0.1) is 24.7 Å². The number of nitrogens with zero attached hydrogens (tertiary/aromatic N) is 1. The first-order valence-corrected chi connectivity index (χ1v) is 7.52. The highest BCUT2D eigenvalue weighted by molar-refractivity contribution is 5.97. The summed E-state index contributed by atoms with van der Waals surface area (Å²) in [4.78, 5) is 14.6. The van der Waals surface area contributed by atoms with Crippen LogP contribution < -0.4 is 0 Å². The highest BCUT2D eigenvalue weighted by Crippen LogP contribution is 2.35. The van der Waals surface area contributed by atoms with Crippen molar-refractivity contribution in [3.63, 3.8) is 0 Å². The second kappa shape index (κ2) is 6.78. The van der Waals surface area contributed by atoms with Crippen molar-refractivity contribution in [3.05, 3.63) is 34.9 Å². The molecule has 1 unspecified atom stereocenters. The zero-order chi connectivity index (χ0) is 15.4. The molecule has 0 bridgehead atoms. The van der Waals surface area contributed by atoms with Crippen LogP contribution in [-0.4, -0.2) is 35.6 Å². The molecule has 1 aromatic rings. The molecule has 112 valence electrons. The SMILES string of the molecule is Cc1ccc(C#CCCO)c(C(=O)N(C)C(C)C2CC2)c1. The molecule has 0 spiro atoms. The Kier molecular flexibility index (Phi) is 5.03. The molecule has 3 nitrogen and oxygen atoms in total. The fourth-order valence-corrected chi connectivity index (χ4v) is 2.43. The molecule has 0 aromatic heterocycles. The number of carbonyl (C=O) groups excluding carboxylic acids is 1. The van der Waals surface area contributed by atoms with Crippen LogP contribution in [-0.2, 0) is 0 Å². The molecule has 0 heterocycles. The van der Waals surface area contributed by atoms with Crippen LogP contribution in [0.1, 0.15) is 47.7 Å². The predicted molar refractivity (Wildman–Crippen MR) is 84.0 cm³/mol. The smallest absolute Gasteiger partial charge is 0.255 e. The lowest BCUT2D eigenvalue weighted by atomic mass is 10.0. The summed E-state index contributed by atoms with van der Waals surface area (Å²) in [5, 5.41) is 8.82. The van der Waals surface area contributed by atoms with Gasteiger partial charge in [0.25, 0.3) is 5.91 Å². The number of aryl methyl sites for hydroxylation is 1. The first kappa shape index (κ1) is 15.6. The van der Waals surface area contributed by atoms with Gasteiger partial charge in [0.05, 0.1) is 12.2 Å². The second-order valence-electron chi connectivity index (χ2n) is 5.82. The van der Waals surface area contributed by atoms with Gasteiger partial charge >= 0.3 is 0 Å². The summed E-state index contributed by atoms with van der Waals surface area (Å²) in [6, 6.07) is 6.03. The van der Waals surface area contributed by atoms with Gasteiger partial charge in [-0.1, -0.05) is 23.5 Å². The number of hydrogen-bond acceptors (Lipinski definition) is 2. The van der Waals surface area contributed by atoms with Crippen LogP contribution in [0.5, 0.6) is 0 Å². The second-order valence-corrected chi connectivity index (χ2v) is 5.82. The molecule has 21 heavy (non-hydrogen) atoms. The normalized spacial score (nSPS) is 15.0. The van der Waals surface area contributed by atoms with Crippen LogP contribution in [0.3, 0.4) is 0 Å². The minimum Gasteiger partial charge on any atom is -0.395 e. The maximum atomic E-state index is 12.7. The van der Waals surface area contributed by atoms with Crippen molar-refractivity contribution in [2.75, 3.05) is 13.7 Å². The van der Waals surface area contributed by atoms with E-state index in [-0.39, 0.29) is 18.6 Å².